The molecule has 1 aromatic rings. The second kappa shape index (κ2) is 5.72. The van der Waals surface area contributed by atoms with Gasteiger partial charge >= 0.3 is 5.97 Å². The highest BCUT2D eigenvalue weighted by atomic mass is 32.2. The molecule has 0 aliphatic rings. The van der Waals surface area contributed by atoms with Crippen LogP contribution < -0.4 is 5.32 Å². The summed E-state index contributed by atoms with van der Waals surface area (Å²) >= 11 is 2.41. The van der Waals surface area contributed by atoms with E-state index < -0.39 is 5.97 Å². The molecule has 0 bridgehead atoms. The van der Waals surface area contributed by atoms with Gasteiger partial charge in [0.05, 0.1) is 17.2 Å². The average molecular weight is 246 g/mol. The SMILES string of the molecule is Cc1csc(NC(=O)CSCC(=O)O)n1. The second-order valence-corrected chi connectivity index (χ2v) is 4.57. The van der Waals surface area contributed by atoms with Crippen molar-refractivity contribution < 1.29 is 14.7 Å². The lowest BCUT2D eigenvalue weighted by Gasteiger charge is -1.99. The minimum Gasteiger partial charge on any atom is -0.481 e. The zero-order valence-electron chi connectivity index (χ0n) is 8.02. The fourth-order valence-electron chi connectivity index (χ4n) is 0.798. The maximum atomic E-state index is 11.2. The molecule has 0 spiro atoms. The fourth-order valence-corrected chi connectivity index (χ4v) is 2.04. The van der Waals surface area contributed by atoms with E-state index >= 15 is 0 Å². The van der Waals surface area contributed by atoms with Gasteiger partial charge < -0.3 is 10.4 Å². The number of nitrogens with zero attached hydrogens (tertiary/aromatic N) is 1. The summed E-state index contributed by atoms with van der Waals surface area (Å²) in [7, 11) is 0. The Bertz CT molecular complexity index is 365. The van der Waals surface area contributed by atoms with E-state index in [2.05, 4.69) is 10.3 Å². The van der Waals surface area contributed by atoms with Gasteiger partial charge in [-0.05, 0) is 6.92 Å². The van der Waals surface area contributed by atoms with Crippen LogP contribution in [0.1, 0.15) is 5.69 Å². The highest BCUT2D eigenvalue weighted by molar-refractivity contribution is 8.00. The van der Waals surface area contributed by atoms with E-state index in [0.717, 1.165) is 17.5 Å². The third-order valence-corrected chi connectivity index (χ3v) is 3.12. The van der Waals surface area contributed by atoms with Gasteiger partial charge in [-0.15, -0.1) is 23.1 Å². The van der Waals surface area contributed by atoms with Gasteiger partial charge in [0.25, 0.3) is 0 Å². The molecule has 5 nitrogen and oxygen atoms in total. The summed E-state index contributed by atoms with van der Waals surface area (Å²) in [5.41, 5.74) is 0.855. The summed E-state index contributed by atoms with van der Waals surface area (Å²) in [4.78, 5) is 25.5. The summed E-state index contributed by atoms with van der Waals surface area (Å²) in [6, 6.07) is 0. The lowest BCUT2D eigenvalue weighted by atomic mass is 10.6. The van der Waals surface area contributed by atoms with Crippen LogP contribution >= 0.6 is 23.1 Å². The Morgan fingerprint density at radius 3 is 2.87 bits per heavy atom. The number of carboxylic acids is 1. The normalized spacial score (nSPS) is 9.93. The molecule has 0 radical (unpaired) electrons. The molecular formula is C8H10N2O3S2. The van der Waals surface area contributed by atoms with E-state index in [1.54, 1.807) is 0 Å². The van der Waals surface area contributed by atoms with Gasteiger partial charge in [-0.1, -0.05) is 0 Å². The summed E-state index contributed by atoms with van der Waals surface area (Å²) in [5, 5.41) is 13.3. The number of carbonyl (C=O) groups is 2. The number of aryl methyl sites for hydroxylation is 1. The molecule has 15 heavy (non-hydrogen) atoms. The Morgan fingerprint density at radius 2 is 2.33 bits per heavy atom. The third kappa shape index (κ3) is 4.80. The van der Waals surface area contributed by atoms with Crippen LogP contribution in [0.5, 0.6) is 0 Å². The molecule has 0 saturated heterocycles. The number of rotatable bonds is 5. The van der Waals surface area contributed by atoms with Crippen LogP contribution in [0.15, 0.2) is 5.38 Å². The van der Waals surface area contributed by atoms with Crippen molar-refractivity contribution in [1.82, 2.24) is 4.98 Å². The molecule has 0 atom stereocenters. The van der Waals surface area contributed by atoms with E-state index in [9.17, 15) is 9.59 Å². The van der Waals surface area contributed by atoms with Crippen LogP contribution in [-0.4, -0.2) is 33.5 Å². The Morgan fingerprint density at radius 1 is 1.60 bits per heavy atom. The molecule has 1 heterocycles. The van der Waals surface area contributed by atoms with Gasteiger partial charge in [0.2, 0.25) is 5.91 Å². The molecule has 2 N–H and O–H groups in total. The number of carbonyl (C=O) groups excluding carboxylic acids is 1. The first-order valence-electron chi connectivity index (χ1n) is 4.09. The maximum absolute atomic E-state index is 11.2. The van der Waals surface area contributed by atoms with Gasteiger partial charge in [0, 0.05) is 5.38 Å². The first kappa shape index (κ1) is 12.0. The van der Waals surface area contributed by atoms with Crippen molar-refractivity contribution in [3.8, 4) is 0 Å². The number of hydrogen-bond acceptors (Lipinski definition) is 5. The van der Waals surface area contributed by atoms with Crippen molar-refractivity contribution in [3.63, 3.8) is 0 Å². The van der Waals surface area contributed by atoms with E-state index in [4.69, 9.17) is 5.11 Å². The van der Waals surface area contributed by atoms with Gasteiger partial charge in [-0.2, -0.15) is 0 Å². The number of thioether (sulfide) groups is 1. The number of nitrogens with one attached hydrogen (secondary N) is 1. The molecule has 0 aliphatic carbocycles. The zero-order valence-corrected chi connectivity index (χ0v) is 9.65. The van der Waals surface area contributed by atoms with Crippen LogP contribution in [0.2, 0.25) is 0 Å². The third-order valence-electron chi connectivity index (χ3n) is 1.32. The standard InChI is InChI=1S/C8H10N2O3S2/c1-5-2-15-8(9-5)10-6(11)3-14-4-7(12)13/h2H,3-4H2,1H3,(H,12,13)(H,9,10,11). The number of amides is 1. The zero-order chi connectivity index (χ0) is 11.3. The topological polar surface area (TPSA) is 79.3 Å². The summed E-state index contributed by atoms with van der Waals surface area (Å²) in [6.07, 6.45) is 0. The Labute approximate surface area is 94.9 Å². The minimum atomic E-state index is -0.919. The lowest BCUT2D eigenvalue weighted by Crippen LogP contribution is -2.15. The molecule has 1 amide bonds. The summed E-state index contributed by atoms with van der Waals surface area (Å²) in [6.45, 7) is 1.84. The summed E-state index contributed by atoms with van der Waals surface area (Å²) in [5.74, 6) is -1.08. The number of carboxylic acid groups (broad SMARTS) is 1. The maximum Gasteiger partial charge on any atom is 0.313 e. The molecule has 0 unspecified atom stereocenters. The van der Waals surface area contributed by atoms with E-state index in [0.29, 0.717) is 5.13 Å². The molecule has 82 valence electrons. The second-order valence-electron chi connectivity index (χ2n) is 2.73. The first-order chi connectivity index (χ1) is 7.08. The van der Waals surface area contributed by atoms with Gasteiger partial charge in [0.1, 0.15) is 0 Å². The molecule has 1 rings (SSSR count). The average Bonchev–Trinajstić information content (AvgIpc) is 2.50. The predicted molar refractivity (Wildman–Crippen MR) is 60.4 cm³/mol. The lowest BCUT2D eigenvalue weighted by molar-refractivity contribution is -0.133. The van der Waals surface area contributed by atoms with Crippen LogP contribution in [-0.2, 0) is 9.59 Å². The molecule has 0 saturated carbocycles. The van der Waals surface area contributed by atoms with Crippen LogP contribution in [0.4, 0.5) is 5.13 Å². The molecule has 0 aliphatic heterocycles. The highest BCUT2D eigenvalue weighted by Gasteiger charge is 2.06. The molecule has 0 aromatic carbocycles. The largest absolute Gasteiger partial charge is 0.481 e. The van der Waals surface area contributed by atoms with E-state index in [-0.39, 0.29) is 17.4 Å². The highest BCUT2D eigenvalue weighted by Crippen LogP contribution is 2.14. The van der Waals surface area contributed by atoms with Gasteiger partial charge in [-0.3, -0.25) is 9.59 Å². The molecule has 1 aromatic heterocycles. The Hall–Kier alpha value is -1.08. The van der Waals surface area contributed by atoms with Gasteiger partial charge in [0.15, 0.2) is 5.13 Å². The fraction of sp³-hybridized carbons (Fsp3) is 0.375. The number of aromatic nitrogens is 1. The van der Waals surface area contributed by atoms with E-state index in [1.165, 1.54) is 11.3 Å². The number of anilines is 1. The number of aliphatic carboxylic acids is 1. The summed E-state index contributed by atoms with van der Waals surface area (Å²) < 4.78 is 0. The van der Waals surface area contributed by atoms with Crippen molar-refractivity contribution in [1.29, 1.82) is 0 Å². The van der Waals surface area contributed by atoms with Crippen molar-refractivity contribution in [2.24, 2.45) is 0 Å². The first-order valence-corrected chi connectivity index (χ1v) is 6.13. The van der Waals surface area contributed by atoms with Crippen molar-refractivity contribution in [2.75, 3.05) is 16.8 Å². The van der Waals surface area contributed by atoms with Gasteiger partial charge in [-0.25, -0.2) is 4.98 Å². The predicted octanol–water partition coefficient (Wildman–Crippen LogP) is 1.21. The monoisotopic (exact) mass is 246 g/mol. The van der Waals surface area contributed by atoms with Crippen LogP contribution in [0.3, 0.4) is 0 Å². The molecular weight excluding hydrogens is 236 g/mol. The number of thiazole rings is 1. The Kier molecular flexibility index (Phi) is 4.57. The smallest absolute Gasteiger partial charge is 0.313 e. The van der Waals surface area contributed by atoms with E-state index in [1.807, 2.05) is 12.3 Å². The Balaban J connectivity index is 2.27. The van der Waals surface area contributed by atoms with Crippen LogP contribution in [0, 0.1) is 6.92 Å². The molecule has 0 fully saturated rings. The van der Waals surface area contributed by atoms with Crippen molar-refractivity contribution in [2.45, 2.75) is 6.92 Å². The van der Waals surface area contributed by atoms with Crippen molar-refractivity contribution in [3.05, 3.63) is 11.1 Å². The quantitative estimate of drug-likeness (QED) is 0.816. The van der Waals surface area contributed by atoms with Crippen LogP contribution in [0.25, 0.3) is 0 Å². The number of hydrogen-bond donors (Lipinski definition) is 2. The minimum absolute atomic E-state index is 0.0652. The molecule has 7 heteroatoms. The van der Waals surface area contributed by atoms with Crippen molar-refractivity contribution >= 4 is 40.1 Å².